The Morgan fingerprint density at radius 3 is 2.75 bits per heavy atom. The Morgan fingerprint density at radius 1 is 1.25 bits per heavy atom. The Kier molecular flexibility index (Phi) is 5.64. The molecule has 0 radical (unpaired) electrons. The first-order valence-corrected chi connectivity index (χ1v) is 8.83. The molecule has 3 rings (SSSR count). The van der Waals surface area contributed by atoms with Gasteiger partial charge in [0.1, 0.15) is 5.82 Å². The third-order valence-corrected chi connectivity index (χ3v) is 4.73. The number of rotatable bonds is 6. The zero-order chi connectivity index (χ0) is 16.8. The smallest absolute Gasteiger partial charge is 0.237 e. The molecule has 2 aromatic rings. The lowest BCUT2D eigenvalue weighted by atomic mass is 9.89. The Morgan fingerprint density at radius 2 is 2.00 bits per heavy atom. The van der Waals surface area contributed by atoms with Crippen molar-refractivity contribution in [1.82, 2.24) is 15.3 Å². The maximum absolute atomic E-state index is 12.2. The van der Waals surface area contributed by atoms with E-state index in [1.807, 2.05) is 36.5 Å². The number of imidazole rings is 1. The van der Waals surface area contributed by atoms with E-state index in [2.05, 4.69) is 15.3 Å². The predicted molar refractivity (Wildman–Crippen MR) is 94.4 cm³/mol. The van der Waals surface area contributed by atoms with Crippen molar-refractivity contribution in [2.75, 3.05) is 0 Å². The van der Waals surface area contributed by atoms with Gasteiger partial charge in [0.2, 0.25) is 5.91 Å². The third kappa shape index (κ3) is 4.45. The largest absolute Gasteiger partial charge is 0.351 e. The van der Waals surface area contributed by atoms with E-state index in [0.717, 1.165) is 17.1 Å². The van der Waals surface area contributed by atoms with E-state index in [1.165, 1.54) is 32.1 Å². The molecule has 24 heavy (non-hydrogen) atoms. The highest BCUT2D eigenvalue weighted by atomic mass is 16.2. The first kappa shape index (κ1) is 16.7. The van der Waals surface area contributed by atoms with Crippen molar-refractivity contribution in [2.24, 2.45) is 5.73 Å². The fourth-order valence-electron chi connectivity index (χ4n) is 3.31. The summed E-state index contributed by atoms with van der Waals surface area (Å²) in [5.74, 6) is 1.46. The molecule has 1 atom stereocenters. The number of benzene rings is 1. The number of hydrogen-bond donors (Lipinski definition) is 3. The molecule has 0 saturated heterocycles. The van der Waals surface area contributed by atoms with Crippen molar-refractivity contribution in [3.63, 3.8) is 0 Å². The summed E-state index contributed by atoms with van der Waals surface area (Å²) in [5.41, 5.74) is 8.05. The highest BCUT2D eigenvalue weighted by molar-refractivity contribution is 5.81. The van der Waals surface area contributed by atoms with Crippen LogP contribution in [0.1, 0.15) is 55.1 Å². The van der Waals surface area contributed by atoms with E-state index in [9.17, 15) is 4.79 Å². The molecule has 1 aromatic carbocycles. The molecule has 1 aromatic heterocycles. The normalized spacial score (nSPS) is 16.7. The number of amides is 1. The second-order valence-corrected chi connectivity index (χ2v) is 6.64. The number of nitrogens with one attached hydrogen (secondary N) is 2. The number of carbonyl (C=O) groups excluding carboxylic acids is 1. The minimum Gasteiger partial charge on any atom is -0.351 e. The number of aromatic amines is 1. The standard InChI is InChI=1S/C19H26N4O/c20-17(19(24)22-12-14-7-3-1-4-8-14)11-16-13-21-18(23-16)15-9-5-2-6-10-15/h1,3-4,7-8,13,15,17H,2,5-6,9-12,20H2,(H,21,23)(H,22,24)/t17-/m0/s1. The van der Waals surface area contributed by atoms with E-state index in [0.29, 0.717) is 18.9 Å². The second kappa shape index (κ2) is 8.11. The lowest BCUT2D eigenvalue weighted by Crippen LogP contribution is -2.41. The molecular weight excluding hydrogens is 300 g/mol. The number of hydrogen-bond acceptors (Lipinski definition) is 3. The highest BCUT2D eigenvalue weighted by Crippen LogP contribution is 2.30. The Bertz CT molecular complexity index is 646. The molecule has 1 saturated carbocycles. The van der Waals surface area contributed by atoms with Crippen LogP contribution in [0.5, 0.6) is 0 Å². The summed E-state index contributed by atoms with van der Waals surface area (Å²) < 4.78 is 0. The summed E-state index contributed by atoms with van der Waals surface area (Å²) in [6.45, 7) is 0.504. The molecule has 5 heteroatoms. The molecule has 1 heterocycles. The van der Waals surface area contributed by atoms with Gasteiger partial charge in [0, 0.05) is 30.8 Å². The fraction of sp³-hybridized carbons (Fsp3) is 0.474. The second-order valence-electron chi connectivity index (χ2n) is 6.64. The lowest BCUT2D eigenvalue weighted by Gasteiger charge is -2.19. The van der Waals surface area contributed by atoms with E-state index in [1.54, 1.807) is 0 Å². The van der Waals surface area contributed by atoms with Crippen molar-refractivity contribution in [3.05, 3.63) is 53.6 Å². The van der Waals surface area contributed by atoms with E-state index in [4.69, 9.17) is 5.73 Å². The Labute approximate surface area is 143 Å². The van der Waals surface area contributed by atoms with Gasteiger partial charge in [-0.1, -0.05) is 49.6 Å². The van der Waals surface area contributed by atoms with Gasteiger partial charge in [0.05, 0.1) is 6.04 Å². The van der Waals surface area contributed by atoms with Gasteiger partial charge >= 0.3 is 0 Å². The van der Waals surface area contributed by atoms with Crippen LogP contribution in [0.2, 0.25) is 0 Å². The number of H-pyrrole nitrogens is 1. The third-order valence-electron chi connectivity index (χ3n) is 4.73. The molecular formula is C19H26N4O. The molecule has 1 aliphatic carbocycles. The SMILES string of the molecule is N[C@@H](Cc1cnc(C2CCCCC2)[nH]1)C(=O)NCc1ccccc1. The maximum atomic E-state index is 12.2. The number of aromatic nitrogens is 2. The monoisotopic (exact) mass is 326 g/mol. The molecule has 1 aliphatic rings. The van der Waals surface area contributed by atoms with Crippen molar-refractivity contribution >= 4 is 5.91 Å². The van der Waals surface area contributed by atoms with Crippen LogP contribution in [0, 0.1) is 0 Å². The zero-order valence-corrected chi connectivity index (χ0v) is 14.0. The van der Waals surface area contributed by atoms with Gasteiger partial charge < -0.3 is 16.0 Å². The predicted octanol–water partition coefficient (Wildman–Crippen LogP) is 2.64. The first-order chi connectivity index (χ1) is 11.7. The van der Waals surface area contributed by atoms with Gasteiger partial charge in [-0.3, -0.25) is 4.79 Å². The molecule has 4 N–H and O–H groups in total. The van der Waals surface area contributed by atoms with Gasteiger partial charge in [-0.2, -0.15) is 0 Å². The number of carbonyl (C=O) groups is 1. The van der Waals surface area contributed by atoms with Gasteiger partial charge in [-0.05, 0) is 18.4 Å². The molecule has 1 fully saturated rings. The number of nitrogens with two attached hydrogens (primary N) is 1. The molecule has 0 aliphatic heterocycles. The summed E-state index contributed by atoms with van der Waals surface area (Å²) in [7, 11) is 0. The van der Waals surface area contributed by atoms with Crippen LogP contribution in [0.15, 0.2) is 36.5 Å². The van der Waals surface area contributed by atoms with Gasteiger partial charge in [0.25, 0.3) is 0 Å². The van der Waals surface area contributed by atoms with Crippen molar-refractivity contribution in [2.45, 2.75) is 57.0 Å². The summed E-state index contributed by atoms with van der Waals surface area (Å²) >= 11 is 0. The molecule has 0 spiro atoms. The van der Waals surface area contributed by atoms with Crippen LogP contribution in [-0.4, -0.2) is 21.9 Å². The highest BCUT2D eigenvalue weighted by Gasteiger charge is 2.20. The molecule has 1 amide bonds. The van der Waals surface area contributed by atoms with E-state index >= 15 is 0 Å². The summed E-state index contributed by atoms with van der Waals surface area (Å²) in [4.78, 5) is 20.0. The summed E-state index contributed by atoms with van der Waals surface area (Å²) in [6, 6.07) is 9.28. The van der Waals surface area contributed by atoms with Crippen molar-refractivity contribution in [1.29, 1.82) is 0 Å². The number of nitrogens with zero attached hydrogens (tertiary/aromatic N) is 1. The van der Waals surface area contributed by atoms with Crippen LogP contribution in [0.3, 0.4) is 0 Å². The van der Waals surface area contributed by atoms with E-state index < -0.39 is 6.04 Å². The summed E-state index contributed by atoms with van der Waals surface area (Å²) in [5, 5.41) is 2.89. The van der Waals surface area contributed by atoms with Crippen molar-refractivity contribution in [3.8, 4) is 0 Å². The average Bonchev–Trinajstić information content (AvgIpc) is 3.10. The minimum absolute atomic E-state index is 0.132. The molecule has 0 bridgehead atoms. The van der Waals surface area contributed by atoms with Gasteiger partial charge in [-0.15, -0.1) is 0 Å². The molecule has 0 unspecified atom stereocenters. The summed E-state index contributed by atoms with van der Waals surface area (Å²) in [6.07, 6.45) is 8.61. The van der Waals surface area contributed by atoms with Crippen molar-refractivity contribution < 1.29 is 4.79 Å². The first-order valence-electron chi connectivity index (χ1n) is 8.83. The average molecular weight is 326 g/mol. The zero-order valence-electron chi connectivity index (χ0n) is 14.0. The fourth-order valence-corrected chi connectivity index (χ4v) is 3.31. The topological polar surface area (TPSA) is 83.8 Å². The molecule has 128 valence electrons. The van der Waals surface area contributed by atoms with Crippen LogP contribution < -0.4 is 11.1 Å². The molecule has 5 nitrogen and oxygen atoms in total. The minimum atomic E-state index is -0.562. The van der Waals surface area contributed by atoms with Crippen LogP contribution >= 0.6 is 0 Å². The van der Waals surface area contributed by atoms with Gasteiger partial charge in [0.15, 0.2) is 0 Å². The van der Waals surface area contributed by atoms with Crippen LogP contribution in [0.25, 0.3) is 0 Å². The van der Waals surface area contributed by atoms with E-state index in [-0.39, 0.29) is 5.91 Å². The maximum Gasteiger partial charge on any atom is 0.237 e. The lowest BCUT2D eigenvalue weighted by molar-refractivity contribution is -0.122. The van der Waals surface area contributed by atoms with Gasteiger partial charge in [-0.25, -0.2) is 4.98 Å². The van der Waals surface area contributed by atoms with Crippen LogP contribution in [-0.2, 0) is 17.8 Å². The van der Waals surface area contributed by atoms with Crippen LogP contribution in [0.4, 0.5) is 0 Å². The Hall–Kier alpha value is -2.14. The quantitative estimate of drug-likeness (QED) is 0.763. The Balaban J connectivity index is 1.49.